The van der Waals surface area contributed by atoms with Gasteiger partial charge in [0.25, 0.3) is 0 Å². The monoisotopic (exact) mass is 466 g/mol. The van der Waals surface area contributed by atoms with E-state index in [1.807, 2.05) is 36.4 Å². The zero-order valence-electron chi connectivity index (χ0n) is 18.0. The van der Waals surface area contributed by atoms with Gasteiger partial charge < -0.3 is 26.0 Å². The normalized spacial score (nSPS) is 26.5. The Hall–Kier alpha value is -3.04. The number of nitrogens with zero attached hydrogens (tertiary/aromatic N) is 2. The molecule has 2 amide bonds. The van der Waals surface area contributed by atoms with Crippen molar-refractivity contribution in [2.75, 3.05) is 18.0 Å². The van der Waals surface area contributed by atoms with Crippen LogP contribution < -0.4 is 16.0 Å². The van der Waals surface area contributed by atoms with Gasteiger partial charge in [-0.3, -0.25) is 9.59 Å². The Morgan fingerprint density at radius 2 is 1.67 bits per heavy atom. The van der Waals surface area contributed by atoms with Crippen molar-refractivity contribution < 1.29 is 19.5 Å². The van der Waals surface area contributed by atoms with Crippen molar-refractivity contribution >= 4 is 35.2 Å². The summed E-state index contributed by atoms with van der Waals surface area (Å²) in [5, 5.41) is 12.4. The maximum Gasteiger partial charge on any atom is 0.327 e. The van der Waals surface area contributed by atoms with Gasteiger partial charge in [0.15, 0.2) is 0 Å². The van der Waals surface area contributed by atoms with Crippen LogP contribution in [0, 0.1) is 0 Å². The standard InChI is InChI=1S/C24H26N4O4S/c25-17(15-7-3-1-4-8-15)20(29)26-18-21(30)28-19(23(31)32)24(33-22(18)28)11-13-27(14-12-24)16-9-5-2-6-10-16/h1-10,17-19,22H,11-14,25H2,(H,26,29)(H,31,32)/t17?,18?,19?,22-/m0/s1. The van der Waals surface area contributed by atoms with Crippen LogP contribution in [0.1, 0.15) is 24.4 Å². The topological polar surface area (TPSA) is 116 Å². The van der Waals surface area contributed by atoms with E-state index in [4.69, 9.17) is 5.73 Å². The molecule has 2 aromatic rings. The van der Waals surface area contributed by atoms with Crippen LogP contribution in [-0.2, 0) is 14.4 Å². The number of carboxylic acids is 1. The molecule has 0 bridgehead atoms. The molecule has 3 fully saturated rings. The molecule has 8 nitrogen and oxygen atoms in total. The smallest absolute Gasteiger partial charge is 0.327 e. The molecule has 9 heteroatoms. The van der Waals surface area contributed by atoms with E-state index in [1.165, 1.54) is 16.7 Å². The van der Waals surface area contributed by atoms with E-state index in [2.05, 4.69) is 10.2 Å². The second-order valence-corrected chi connectivity index (χ2v) is 10.3. The minimum absolute atomic E-state index is 0.351. The Bertz CT molecular complexity index is 1060. The van der Waals surface area contributed by atoms with Crippen LogP contribution in [0.2, 0.25) is 0 Å². The number of β-lactam (4-membered cyclic amide) rings is 1. The van der Waals surface area contributed by atoms with Gasteiger partial charge in [0.2, 0.25) is 11.8 Å². The number of carboxylic acid groups (broad SMARTS) is 1. The molecular weight excluding hydrogens is 440 g/mol. The number of piperidine rings is 1. The average molecular weight is 467 g/mol. The molecule has 172 valence electrons. The van der Waals surface area contributed by atoms with Crippen molar-refractivity contribution in [2.45, 2.75) is 41.1 Å². The highest BCUT2D eigenvalue weighted by molar-refractivity contribution is 8.01. The molecule has 0 radical (unpaired) electrons. The predicted molar refractivity (Wildman–Crippen MR) is 126 cm³/mol. The Morgan fingerprint density at radius 1 is 1.06 bits per heavy atom. The molecule has 5 rings (SSSR count). The number of nitrogens with two attached hydrogens (primary N) is 1. The molecule has 3 unspecified atom stereocenters. The molecule has 3 saturated heterocycles. The van der Waals surface area contributed by atoms with E-state index in [0.717, 1.165) is 5.69 Å². The summed E-state index contributed by atoms with van der Waals surface area (Å²) in [7, 11) is 0. The van der Waals surface area contributed by atoms with E-state index >= 15 is 0 Å². The summed E-state index contributed by atoms with van der Waals surface area (Å²) in [6.45, 7) is 1.43. The Morgan fingerprint density at radius 3 is 2.27 bits per heavy atom. The first-order chi connectivity index (χ1) is 15.9. The van der Waals surface area contributed by atoms with Gasteiger partial charge in [0, 0.05) is 18.8 Å². The van der Waals surface area contributed by atoms with Crippen molar-refractivity contribution in [3.63, 3.8) is 0 Å². The van der Waals surface area contributed by atoms with Crippen LogP contribution in [0.25, 0.3) is 0 Å². The van der Waals surface area contributed by atoms with Crippen LogP contribution in [-0.4, -0.2) is 63.1 Å². The van der Waals surface area contributed by atoms with Crippen molar-refractivity contribution in [1.82, 2.24) is 10.2 Å². The molecule has 3 heterocycles. The lowest BCUT2D eigenvalue weighted by Crippen LogP contribution is -2.71. The molecule has 4 N–H and O–H groups in total. The van der Waals surface area contributed by atoms with Gasteiger partial charge in [-0.1, -0.05) is 48.5 Å². The lowest BCUT2D eigenvalue weighted by molar-refractivity contribution is -0.161. The third-order valence-corrected chi connectivity index (χ3v) is 8.76. The third kappa shape index (κ3) is 3.65. The van der Waals surface area contributed by atoms with Gasteiger partial charge >= 0.3 is 5.97 Å². The van der Waals surface area contributed by atoms with E-state index in [9.17, 15) is 19.5 Å². The highest BCUT2D eigenvalue weighted by atomic mass is 32.2. The molecule has 1 spiro atoms. The Kier molecular flexibility index (Phi) is 5.54. The second kappa shape index (κ2) is 8.39. The van der Waals surface area contributed by atoms with Gasteiger partial charge in [0.1, 0.15) is 23.5 Å². The number of amides is 2. The summed E-state index contributed by atoms with van der Waals surface area (Å²) in [4.78, 5) is 41.6. The fourth-order valence-corrected chi connectivity index (χ4v) is 7.05. The Labute approximate surface area is 196 Å². The minimum Gasteiger partial charge on any atom is -0.480 e. The largest absolute Gasteiger partial charge is 0.480 e. The summed E-state index contributed by atoms with van der Waals surface area (Å²) in [5.74, 6) is -1.78. The number of anilines is 1. The molecule has 3 aliphatic rings. The number of para-hydroxylation sites is 1. The highest BCUT2D eigenvalue weighted by Crippen LogP contribution is 2.55. The maximum atomic E-state index is 12.9. The number of aliphatic carboxylic acids is 1. The number of carbonyl (C=O) groups is 3. The summed E-state index contributed by atoms with van der Waals surface area (Å²) in [6, 6.07) is 16.5. The van der Waals surface area contributed by atoms with Crippen molar-refractivity contribution in [3.8, 4) is 0 Å². The number of hydrogen-bond donors (Lipinski definition) is 3. The van der Waals surface area contributed by atoms with E-state index < -0.39 is 40.1 Å². The van der Waals surface area contributed by atoms with E-state index in [-0.39, 0.29) is 5.91 Å². The van der Waals surface area contributed by atoms with E-state index in [0.29, 0.717) is 31.5 Å². The average Bonchev–Trinajstić information content (AvgIpc) is 3.14. The van der Waals surface area contributed by atoms with Crippen LogP contribution in [0.5, 0.6) is 0 Å². The third-order valence-electron chi connectivity index (χ3n) is 6.92. The van der Waals surface area contributed by atoms with Crippen LogP contribution in [0.4, 0.5) is 5.69 Å². The van der Waals surface area contributed by atoms with Crippen molar-refractivity contribution in [1.29, 1.82) is 0 Å². The summed E-state index contributed by atoms with van der Waals surface area (Å²) < 4.78 is -0.571. The van der Waals surface area contributed by atoms with Crippen LogP contribution in [0.15, 0.2) is 60.7 Å². The molecule has 2 aromatic carbocycles. The first-order valence-corrected chi connectivity index (χ1v) is 11.9. The van der Waals surface area contributed by atoms with Gasteiger partial charge in [-0.25, -0.2) is 4.79 Å². The quantitative estimate of drug-likeness (QED) is 0.573. The summed E-state index contributed by atoms with van der Waals surface area (Å²) in [6.07, 6.45) is 1.29. The van der Waals surface area contributed by atoms with E-state index in [1.54, 1.807) is 24.3 Å². The van der Waals surface area contributed by atoms with Gasteiger partial charge in [0.05, 0.1) is 4.75 Å². The number of benzene rings is 2. The highest BCUT2D eigenvalue weighted by Gasteiger charge is 2.67. The molecule has 0 saturated carbocycles. The molecule has 3 aliphatic heterocycles. The SMILES string of the molecule is NC(C(=O)NC1C(=O)N2C(C(=O)O)C3(CCN(c4ccccc4)CC3)S[C@@H]12)c1ccccc1. The summed E-state index contributed by atoms with van der Waals surface area (Å²) >= 11 is 1.52. The number of rotatable bonds is 5. The number of hydrogen-bond acceptors (Lipinski definition) is 6. The van der Waals surface area contributed by atoms with Crippen LogP contribution in [0.3, 0.4) is 0 Å². The lowest BCUT2D eigenvalue weighted by atomic mass is 9.85. The molecule has 0 aromatic heterocycles. The fraction of sp³-hybridized carbons (Fsp3) is 0.375. The first-order valence-electron chi connectivity index (χ1n) is 11.0. The van der Waals surface area contributed by atoms with Crippen molar-refractivity contribution in [2.24, 2.45) is 5.73 Å². The zero-order valence-corrected chi connectivity index (χ0v) is 18.8. The molecular formula is C24H26N4O4S. The predicted octanol–water partition coefficient (Wildman–Crippen LogP) is 1.58. The maximum absolute atomic E-state index is 12.9. The van der Waals surface area contributed by atoms with Gasteiger partial charge in [-0.2, -0.15) is 0 Å². The number of nitrogens with one attached hydrogen (secondary N) is 1. The van der Waals surface area contributed by atoms with Crippen LogP contribution >= 0.6 is 11.8 Å². The van der Waals surface area contributed by atoms with Gasteiger partial charge in [-0.05, 0) is 30.5 Å². The first kappa shape index (κ1) is 21.8. The minimum atomic E-state index is -0.989. The molecule has 33 heavy (non-hydrogen) atoms. The molecule has 0 aliphatic carbocycles. The Balaban J connectivity index is 1.30. The van der Waals surface area contributed by atoms with Crippen molar-refractivity contribution in [3.05, 3.63) is 66.2 Å². The fourth-order valence-electron chi connectivity index (χ4n) is 5.15. The zero-order chi connectivity index (χ0) is 23.2. The summed E-state index contributed by atoms with van der Waals surface area (Å²) in [5.41, 5.74) is 7.86. The molecule has 4 atom stereocenters. The lowest BCUT2D eigenvalue weighted by Gasteiger charge is -2.44. The number of thioether (sulfide) groups is 1. The number of carbonyl (C=O) groups excluding carboxylic acids is 2. The van der Waals surface area contributed by atoms with Gasteiger partial charge in [-0.15, -0.1) is 11.8 Å². The number of fused-ring (bicyclic) bond motifs is 1. The second-order valence-electron chi connectivity index (χ2n) is 8.76.